The maximum absolute atomic E-state index is 8.41. The van der Waals surface area contributed by atoms with E-state index in [1.807, 2.05) is 0 Å². The zero-order valence-electron chi connectivity index (χ0n) is 8.13. The first kappa shape index (κ1) is 9.70. The highest BCUT2D eigenvalue weighted by atomic mass is 16.5. The van der Waals surface area contributed by atoms with Crippen molar-refractivity contribution in [1.29, 1.82) is 0 Å². The molecule has 1 aliphatic rings. The maximum atomic E-state index is 8.41. The summed E-state index contributed by atoms with van der Waals surface area (Å²) in [6.45, 7) is 0. The Morgan fingerprint density at radius 1 is 1.47 bits per heavy atom. The quantitative estimate of drug-likeness (QED) is 0.326. The van der Waals surface area contributed by atoms with Gasteiger partial charge < -0.3 is 15.7 Å². The Balaban J connectivity index is 2.03. The number of aromatic nitrogens is 2. The van der Waals surface area contributed by atoms with Gasteiger partial charge in [-0.3, -0.25) is 0 Å². The first-order valence-electron chi connectivity index (χ1n) is 4.76. The van der Waals surface area contributed by atoms with Crippen LogP contribution in [0.4, 0.5) is 0 Å². The van der Waals surface area contributed by atoms with Crippen molar-refractivity contribution in [1.82, 2.24) is 9.97 Å². The van der Waals surface area contributed by atoms with Gasteiger partial charge in [-0.05, 0) is 19.3 Å². The average Bonchev–Trinajstić information content (AvgIpc) is 2.23. The van der Waals surface area contributed by atoms with E-state index in [0.29, 0.717) is 11.6 Å². The van der Waals surface area contributed by atoms with Crippen LogP contribution in [0.1, 0.15) is 25.0 Å². The molecule has 2 rings (SSSR count). The van der Waals surface area contributed by atoms with Crippen LogP contribution < -0.4 is 10.5 Å². The van der Waals surface area contributed by atoms with Crippen LogP contribution >= 0.6 is 0 Å². The highest BCUT2D eigenvalue weighted by Crippen LogP contribution is 2.23. The van der Waals surface area contributed by atoms with Crippen LogP contribution in [-0.2, 0) is 0 Å². The van der Waals surface area contributed by atoms with Crippen molar-refractivity contribution in [3.8, 4) is 5.88 Å². The standard InChI is InChI=1S/C9H12N4O2/c10-9(13-14)7-4-12-8(5-11-7)15-6-2-1-3-6/h4-6,14H,1-3H2,(H2,10,13). The van der Waals surface area contributed by atoms with Gasteiger partial charge in [0.2, 0.25) is 5.88 Å². The van der Waals surface area contributed by atoms with Crippen LogP contribution in [0.15, 0.2) is 17.5 Å². The van der Waals surface area contributed by atoms with Gasteiger partial charge in [-0.2, -0.15) is 0 Å². The van der Waals surface area contributed by atoms with Crippen molar-refractivity contribution in [2.45, 2.75) is 25.4 Å². The largest absolute Gasteiger partial charge is 0.473 e. The summed E-state index contributed by atoms with van der Waals surface area (Å²) in [6.07, 6.45) is 6.52. The van der Waals surface area contributed by atoms with Gasteiger partial charge in [0, 0.05) is 0 Å². The number of rotatable bonds is 3. The molecule has 0 unspecified atom stereocenters. The Kier molecular flexibility index (Phi) is 2.66. The van der Waals surface area contributed by atoms with E-state index in [1.165, 1.54) is 18.8 Å². The number of ether oxygens (including phenoxy) is 1. The SMILES string of the molecule is NC(=NO)c1cnc(OC2CCC2)cn1. The second-order valence-corrected chi connectivity index (χ2v) is 3.40. The molecule has 1 fully saturated rings. The number of hydrogen-bond acceptors (Lipinski definition) is 5. The molecule has 6 nitrogen and oxygen atoms in total. The summed E-state index contributed by atoms with van der Waals surface area (Å²) in [5.74, 6) is 0.423. The fraction of sp³-hybridized carbons (Fsp3) is 0.444. The van der Waals surface area contributed by atoms with Crippen LogP contribution in [0.25, 0.3) is 0 Å². The second-order valence-electron chi connectivity index (χ2n) is 3.40. The van der Waals surface area contributed by atoms with Gasteiger partial charge in [-0.25, -0.2) is 9.97 Å². The van der Waals surface area contributed by atoms with Crippen molar-refractivity contribution in [2.75, 3.05) is 0 Å². The number of amidine groups is 1. The molecule has 6 heteroatoms. The molecule has 1 aliphatic carbocycles. The predicted octanol–water partition coefficient (Wildman–Crippen LogP) is 0.502. The summed E-state index contributed by atoms with van der Waals surface area (Å²) in [4.78, 5) is 7.97. The van der Waals surface area contributed by atoms with Gasteiger partial charge in [-0.15, -0.1) is 0 Å². The van der Waals surface area contributed by atoms with Crippen molar-refractivity contribution in [3.63, 3.8) is 0 Å². The van der Waals surface area contributed by atoms with Crippen LogP contribution in [0.3, 0.4) is 0 Å². The van der Waals surface area contributed by atoms with Gasteiger partial charge in [0.15, 0.2) is 5.84 Å². The summed E-state index contributed by atoms with van der Waals surface area (Å²) >= 11 is 0. The number of oxime groups is 1. The molecule has 1 heterocycles. The van der Waals surface area contributed by atoms with E-state index >= 15 is 0 Å². The minimum Gasteiger partial charge on any atom is -0.473 e. The molecule has 0 aromatic carbocycles. The summed E-state index contributed by atoms with van der Waals surface area (Å²) in [6, 6.07) is 0. The molecule has 0 saturated heterocycles. The number of hydrogen-bond donors (Lipinski definition) is 2. The lowest BCUT2D eigenvalue weighted by molar-refractivity contribution is 0.114. The van der Waals surface area contributed by atoms with Crippen molar-refractivity contribution >= 4 is 5.84 Å². The third-order valence-corrected chi connectivity index (χ3v) is 2.34. The molecule has 15 heavy (non-hydrogen) atoms. The number of nitrogens with zero attached hydrogens (tertiary/aromatic N) is 3. The highest BCUT2D eigenvalue weighted by molar-refractivity contribution is 5.94. The van der Waals surface area contributed by atoms with E-state index in [0.717, 1.165) is 12.8 Å². The third kappa shape index (κ3) is 2.15. The van der Waals surface area contributed by atoms with E-state index in [2.05, 4.69) is 15.1 Å². The highest BCUT2D eigenvalue weighted by Gasteiger charge is 2.19. The molecule has 0 spiro atoms. The van der Waals surface area contributed by atoms with Crippen molar-refractivity contribution in [2.24, 2.45) is 10.9 Å². The predicted molar refractivity (Wildman–Crippen MR) is 52.8 cm³/mol. The molecule has 1 aromatic rings. The van der Waals surface area contributed by atoms with Crippen LogP contribution in [0.5, 0.6) is 5.88 Å². The molecule has 1 aromatic heterocycles. The zero-order chi connectivity index (χ0) is 10.7. The molecule has 0 atom stereocenters. The summed E-state index contributed by atoms with van der Waals surface area (Å²) < 4.78 is 5.50. The topological polar surface area (TPSA) is 93.6 Å². The monoisotopic (exact) mass is 208 g/mol. The maximum Gasteiger partial charge on any atom is 0.232 e. The zero-order valence-corrected chi connectivity index (χ0v) is 8.13. The first-order valence-corrected chi connectivity index (χ1v) is 4.76. The molecular formula is C9H12N4O2. The Labute approximate surface area is 86.8 Å². The minimum atomic E-state index is -0.0577. The normalized spacial score (nSPS) is 17.2. The van der Waals surface area contributed by atoms with Gasteiger partial charge in [-0.1, -0.05) is 5.16 Å². The van der Waals surface area contributed by atoms with Crippen molar-refractivity contribution < 1.29 is 9.94 Å². The summed E-state index contributed by atoms with van der Waals surface area (Å²) in [5.41, 5.74) is 5.67. The van der Waals surface area contributed by atoms with Gasteiger partial charge in [0.25, 0.3) is 0 Å². The lowest BCUT2D eigenvalue weighted by Gasteiger charge is -2.25. The van der Waals surface area contributed by atoms with E-state index in [-0.39, 0.29) is 11.9 Å². The van der Waals surface area contributed by atoms with Crippen LogP contribution in [-0.4, -0.2) is 27.1 Å². The second kappa shape index (κ2) is 4.12. The Morgan fingerprint density at radius 2 is 2.27 bits per heavy atom. The van der Waals surface area contributed by atoms with E-state index in [4.69, 9.17) is 15.7 Å². The minimum absolute atomic E-state index is 0.0577. The number of nitrogens with two attached hydrogens (primary N) is 1. The molecule has 0 amide bonds. The lowest BCUT2D eigenvalue weighted by Crippen LogP contribution is -2.25. The molecule has 80 valence electrons. The van der Waals surface area contributed by atoms with E-state index in [9.17, 15) is 0 Å². The molecule has 0 radical (unpaired) electrons. The molecule has 3 N–H and O–H groups in total. The van der Waals surface area contributed by atoms with Crippen molar-refractivity contribution in [3.05, 3.63) is 18.1 Å². The Hall–Kier alpha value is -1.85. The Morgan fingerprint density at radius 3 is 2.73 bits per heavy atom. The lowest BCUT2D eigenvalue weighted by atomic mass is 9.96. The molecule has 0 bridgehead atoms. The van der Waals surface area contributed by atoms with E-state index < -0.39 is 0 Å². The average molecular weight is 208 g/mol. The third-order valence-electron chi connectivity index (χ3n) is 2.34. The smallest absolute Gasteiger partial charge is 0.232 e. The fourth-order valence-corrected chi connectivity index (χ4v) is 1.22. The summed E-state index contributed by atoms with van der Waals surface area (Å²) in [7, 11) is 0. The molecule has 1 saturated carbocycles. The summed E-state index contributed by atoms with van der Waals surface area (Å²) in [5, 5.41) is 11.2. The Bertz CT molecular complexity index is 359. The van der Waals surface area contributed by atoms with E-state index in [1.54, 1.807) is 0 Å². The van der Waals surface area contributed by atoms with Gasteiger partial charge in [0.1, 0.15) is 11.8 Å². The van der Waals surface area contributed by atoms with Crippen LogP contribution in [0.2, 0.25) is 0 Å². The van der Waals surface area contributed by atoms with Gasteiger partial charge >= 0.3 is 0 Å². The van der Waals surface area contributed by atoms with Crippen LogP contribution in [0, 0.1) is 0 Å². The fourth-order valence-electron chi connectivity index (χ4n) is 1.22. The first-order chi connectivity index (χ1) is 7.29. The molecular weight excluding hydrogens is 196 g/mol. The van der Waals surface area contributed by atoms with Gasteiger partial charge in [0.05, 0.1) is 12.4 Å². The molecule has 0 aliphatic heterocycles.